The molecule has 0 aliphatic rings. The van der Waals surface area contributed by atoms with Crippen molar-refractivity contribution in [3.8, 4) is 0 Å². The molecule has 0 spiro atoms. The molecule has 0 saturated carbocycles. The summed E-state index contributed by atoms with van der Waals surface area (Å²) in [5.74, 6) is -0.532. The maximum Gasteiger partial charge on any atom is 0.320 e. The number of rotatable bonds is 6. The van der Waals surface area contributed by atoms with Gasteiger partial charge in [-0.2, -0.15) is 5.10 Å². The van der Waals surface area contributed by atoms with Crippen molar-refractivity contribution < 1.29 is 9.72 Å². The van der Waals surface area contributed by atoms with E-state index in [4.69, 9.17) is 0 Å². The molecule has 0 aliphatic carbocycles. The fourth-order valence-corrected chi connectivity index (χ4v) is 2.23. The van der Waals surface area contributed by atoms with Crippen molar-refractivity contribution in [2.75, 3.05) is 5.32 Å². The van der Waals surface area contributed by atoms with Gasteiger partial charge in [0.05, 0.1) is 4.92 Å². The fourth-order valence-electron chi connectivity index (χ4n) is 2.23. The molecule has 1 heterocycles. The van der Waals surface area contributed by atoms with Crippen LogP contribution in [-0.4, -0.2) is 20.6 Å². The lowest BCUT2D eigenvalue weighted by Gasteiger charge is -2.10. The molecule has 1 aromatic heterocycles. The smallest absolute Gasteiger partial charge is 0.320 e. The van der Waals surface area contributed by atoms with Gasteiger partial charge in [-0.05, 0) is 24.5 Å². The lowest BCUT2D eigenvalue weighted by Crippen LogP contribution is -2.18. The Labute approximate surface area is 128 Å². The van der Waals surface area contributed by atoms with E-state index >= 15 is 0 Å². The van der Waals surface area contributed by atoms with Crippen LogP contribution in [0.4, 0.5) is 11.4 Å². The monoisotopic (exact) mass is 302 g/mol. The van der Waals surface area contributed by atoms with Crippen LogP contribution in [0.25, 0.3) is 0 Å². The van der Waals surface area contributed by atoms with E-state index in [1.807, 2.05) is 18.2 Å². The average molecular weight is 302 g/mol. The second-order valence-corrected chi connectivity index (χ2v) is 4.97. The normalized spacial score (nSPS) is 10.5. The molecule has 1 amide bonds. The molecule has 0 radical (unpaired) electrons. The van der Waals surface area contributed by atoms with Crippen LogP contribution in [0.15, 0.2) is 30.5 Å². The number of nitrogens with zero attached hydrogens (tertiary/aromatic N) is 3. The number of aromatic nitrogens is 2. The van der Waals surface area contributed by atoms with Crippen molar-refractivity contribution in [2.45, 2.75) is 26.2 Å². The van der Waals surface area contributed by atoms with E-state index in [1.165, 1.54) is 11.7 Å². The Morgan fingerprint density at radius 3 is 2.82 bits per heavy atom. The first-order valence-corrected chi connectivity index (χ1v) is 7.10. The van der Waals surface area contributed by atoms with Crippen molar-refractivity contribution in [2.24, 2.45) is 7.05 Å². The van der Waals surface area contributed by atoms with Crippen LogP contribution in [0, 0.1) is 10.1 Å². The molecule has 22 heavy (non-hydrogen) atoms. The van der Waals surface area contributed by atoms with E-state index < -0.39 is 10.8 Å². The van der Waals surface area contributed by atoms with Gasteiger partial charge in [-0.25, -0.2) is 0 Å². The van der Waals surface area contributed by atoms with E-state index in [9.17, 15) is 14.9 Å². The number of benzene rings is 1. The minimum Gasteiger partial charge on any atom is -0.320 e. The van der Waals surface area contributed by atoms with Crippen molar-refractivity contribution in [1.29, 1.82) is 0 Å². The Hall–Kier alpha value is -2.70. The summed E-state index contributed by atoms with van der Waals surface area (Å²) >= 11 is 0. The number of unbranched alkanes of at least 4 members (excludes halogenated alkanes) is 1. The van der Waals surface area contributed by atoms with Crippen LogP contribution in [0.3, 0.4) is 0 Å². The average Bonchev–Trinajstić information content (AvgIpc) is 2.88. The van der Waals surface area contributed by atoms with Gasteiger partial charge in [0.1, 0.15) is 6.20 Å². The number of hydrogen-bond acceptors (Lipinski definition) is 4. The van der Waals surface area contributed by atoms with E-state index in [0.29, 0.717) is 5.69 Å². The standard InChI is InChI=1S/C15H18N4O3/c1-3-4-7-11-8-5-6-9-12(11)17-15(20)14-13(19(21)22)10-16-18(14)2/h5-6,8-10H,3-4,7H2,1-2H3,(H,17,20). The van der Waals surface area contributed by atoms with Gasteiger partial charge in [0.25, 0.3) is 5.91 Å². The highest BCUT2D eigenvalue weighted by Gasteiger charge is 2.25. The summed E-state index contributed by atoms with van der Waals surface area (Å²) in [5.41, 5.74) is 1.33. The Bertz CT molecular complexity index is 694. The number of para-hydroxylation sites is 1. The summed E-state index contributed by atoms with van der Waals surface area (Å²) < 4.78 is 1.21. The maximum atomic E-state index is 12.4. The first kappa shape index (κ1) is 15.7. The number of anilines is 1. The summed E-state index contributed by atoms with van der Waals surface area (Å²) in [6, 6.07) is 7.48. The van der Waals surface area contributed by atoms with Crippen molar-refractivity contribution in [1.82, 2.24) is 9.78 Å². The largest absolute Gasteiger partial charge is 0.320 e. The molecule has 0 aliphatic heterocycles. The molecule has 0 saturated heterocycles. The summed E-state index contributed by atoms with van der Waals surface area (Å²) in [6.07, 6.45) is 3.99. The van der Waals surface area contributed by atoms with E-state index in [2.05, 4.69) is 17.3 Å². The van der Waals surface area contributed by atoms with E-state index in [-0.39, 0.29) is 11.4 Å². The van der Waals surface area contributed by atoms with Crippen LogP contribution in [0.1, 0.15) is 35.8 Å². The topological polar surface area (TPSA) is 90.1 Å². The van der Waals surface area contributed by atoms with Gasteiger partial charge in [0.2, 0.25) is 5.69 Å². The predicted molar refractivity (Wildman–Crippen MR) is 82.9 cm³/mol. The highest BCUT2D eigenvalue weighted by Crippen LogP contribution is 2.21. The number of aryl methyl sites for hydroxylation is 2. The molecule has 1 aromatic carbocycles. The molecule has 1 N–H and O–H groups in total. The summed E-state index contributed by atoms with van der Waals surface area (Å²) in [7, 11) is 1.50. The zero-order chi connectivity index (χ0) is 16.1. The fraction of sp³-hybridized carbons (Fsp3) is 0.333. The Morgan fingerprint density at radius 2 is 2.14 bits per heavy atom. The number of carbonyl (C=O) groups is 1. The van der Waals surface area contributed by atoms with E-state index in [0.717, 1.165) is 31.0 Å². The number of amides is 1. The first-order valence-electron chi connectivity index (χ1n) is 7.10. The van der Waals surface area contributed by atoms with E-state index in [1.54, 1.807) is 6.07 Å². The quantitative estimate of drug-likeness (QED) is 0.656. The Balaban J connectivity index is 2.26. The summed E-state index contributed by atoms with van der Waals surface area (Å²) in [4.78, 5) is 22.7. The zero-order valence-electron chi connectivity index (χ0n) is 12.6. The van der Waals surface area contributed by atoms with Gasteiger partial charge < -0.3 is 5.32 Å². The third-order valence-corrected chi connectivity index (χ3v) is 3.40. The second kappa shape index (κ2) is 6.84. The van der Waals surface area contributed by atoms with Crippen LogP contribution < -0.4 is 5.32 Å². The zero-order valence-corrected chi connectivity index (χ0v) is 12.6. The lowest BCUT2D eigenvalue weighted by molar-refractivity contribution is -0.385. The number of nitrogens with one attached hydrogen (secondary N) is 1. The van der Waals surface area contributed by atoms with Crippen LogP contribution >= 0.6 is 0 Å². The van der Waals surface area contributed by atoms with Crippen molar-refractivity contribution >= 4 is 17.3 Å². The maximum absolute atomic E-state index is 12.4. The molecule has 0 atom stereocenters. The third kappa shape index (κ3) is 3.30. The van der Waals surface area contributed by atoms with Crippen molar-refractivity contribution in [3.05, 3.63) is 51.8 Å². The molecule has 7 heteroatoms. The van der Waals surface area contributed by atoms with Gasteiger partial charge in [0, 0.05) is 12.7 Å². The minimum atomic E-state index is -0.606. The number of nitro groups is 1. The van der Waals surface area contributed by atoms with Gasteiger partial charge in [0.15, 0.2) is 0 Å². The first-order chi connectivity index (χ1) is 10.5. The molecule has 0 unspecified atom stereocenters. The Morgan fingerprint density at radius 1 is 1.41 bits per heavy atom. The minimum absolute atomic E-state index is 0.0599. The SMILES string of the molecule is CCCCc1ccccc1NC(=O)c1c([N+](=O)[O-])cnn1C. The number of hydrogen-bond donors (Lipinski definition) is 1. The van der Waals surface area contributed by atoms with Gasteiger partial charge in [-0.1, -0.05) is 31.5 Å². The highest BCUT2D eigenvalue weighted by molar-refractivity contribution is 6.06. The molecule has 0 bridgehead atoms. The summed E-state index contributed by atoms with van der Waals surface area (Å²) in [5, 5.41) is 17.5. The van der Waals surface area contributed by atoms with Crippen molar-refractivity contribution in [3.63, 3.8) is 0 Å². The van der Waals surface area contributed by atoms with Crippen LogP contribution in [0.2, 0.25) is 0 Å². The molecule has 7 nitrogen and oxygen atoms in total. The van der Waals surface area contributed by atoms with Crippen LogP contribution in [0.5, 0.6) is 0 Å². The highest BCUT2D eigenvalue weighted by atomic mass is 16.6. The molecule has 2 rings (SSSR count). The van der Waals surface area contributed by atoms with Gasteiger partial charge in [-0.15, -0.1) is 0 Å². The Kier molecular flexibility index (Phi) is 4.88. The molecule has 116 valence electrons. The lowest BCUT2D eigenvalue weighted by atomic mass is 10.1. The number of carbonyl (C=O) groups excluding carboxylic acids is 1. The molecular weight excluding hydrogens is 284 g/mol. The molecular formula is C15H18N4O3. The molecule has 0 fully saturated rings. The molecule has 2 aromatic rings. The second-order valence-electron chi connectivity index (χ2n) is 4.97. The predicted octanol–water partition coefficient (Wildman–Crippen LogP) is 2.92. The summed E-state index contributed by atoms with van der Waals surface area (Å²) in [6.45, 7) is 2.10. The van der Waals surface area contributed by atoms with Gasteiger partial charge in [-0.3, -0.25) is 19.6 Å². The third-order valence-electron chi connectivity index (χ3n) is 3.40. The van der Waals surface area contributed by atoms with Gasteiger partial charge >= 0.3 is 5.69 Å². The van der Waals surface area contributed by atoms with Crippen LogP contribution in [-0.2, 0) is 13.5 Å².